The SMILES string of the molecule is CC(NCC1CCCC1)c1nnc2ccccn12. The molecule has 1 N–H and O–H groups in total. The van der Waals surface area contributed by atoms with Crippen LogP contribution in [0.3, 0.4) is 0 Å². The number of aromatic nitrogens is 3. The zero-order chi connectivity index (χ0) is 12.4. The average molecular weight is 244 g/mol. The molecule has 0 aromatic carbocycles. The fourth-order valence-electron chi connectivity index (χ4n) is 2.80. The summed E-state index contributed by atoms with van der Waals surface area (Å²) >= 11 is 0. The van der Waals surface area contributed by atoms with Crippen molar-refractivity contribution in [3.8, 4) is 0 Å². The molecule has 2 aromatic heterocycles. The van der Waals surface area contributed by atoms with Crippen molar-refractivity contribution in [3.05, 3.63) is 30.2 Å². The van der Waals surface area contributed by atoms with Gasteiger partial charge in [-0.05, 0) is 44.4 Å². The second kappa shape index (κ2) is 5.06. The van der Waals surface area contributed by atoms with E-state index in [2.05, 4.69) is 26.8 Å². The zero-order valence-electron chi connectivity index (χ0n) is 10.8. The fraction of sp³-hybridized carbons (Fsp3) is 0.571. The van der Waals surface area contributed by atoms with Gasteiger partial charge in [-0.25, -0.2) is 0 Å². The topological polar surface area (TPSA) is 42.2 Å². The van der Waals surface area contributed by atoms with Crippen molar-refractivity contribution >= 4 is 5.65 Å². The highest BCUT2D eigenvalue weighted by Gasteiger charge is 2.18. The van der Waals surface area contributed by atoms with E-state index in [4.69, 9.17) is 0 Å². The Bertz CT molecular complexity index is 513. The number of pyridine rings is 1. The molecule has 0 bridgehead atoms. The van der Waals surface area contributed by atoms with Gasteiger partial charge in [0.15, 0.2) is 11.5 Å². The second-order valence-corrected chi connectivity index (χ2v) is 5.27. The molecule has 18 heavy (non-hydrogen) atoms. The van der Waals surface area contributed by atoms with Crippen molar-refractivity contribution in [3.63, 3.8) is 0 Å². The van der Waals surface area contributed by atoms with Crippen LogP contribution in [-0.2, 0) is 0 Å². The predicted octanol–water partition coefficient (Wildman–Crippen LogP) is 2.57. The first-order valence-corrected chi connectivity index (χ1v) is 6.87. The Balaban J connectivity index is 1.69. The standard InChI is InChI=1S/C14H20N4/c1-11(15-10-12-6-2-3-7-12)14-17-16-13-8-4-5-9-18(13)14/h4-5,8-9,11-12,15H,2-3,6-7,10H2,1H3. The molecular weight excluding hydrogens is 224 g/mol. The highest BCUT2D eigenvalue weighted by Crippen LogP contribution is 2.24. The molecular formula is C14H20N4. The first-order valence-electron chi connectivity index (χ1n) is 6.87. The summed E-state index contributed by atoms with van der Waals surface area (Å²) in [5, 5.41) is 12.1. The summed E-state index contributed by atoms with van der Waals surface area (Å²) in [5.74, 6) is 1.86. The van der Waals surface area contributed by atoms with Crippen molar-refractivity contribution in [2.75, 3.05) is 6.54 Å². The van der Waals surface area contributed by atoms with Gasteiger partial charge in [0.25, 0.3) is 0 Å². The molecule has 1 unspecified atom stereocenters. The summed E-state index contributed by atoms with van der Waals surface area (Å²) in [4.78, 5) is 0. The van der Waals surface area contributed by atoms with Gasteiger partial charge < -0.3 is 5.32 Å². The molecule has 4 heteroatoms. The molecule has 1 aliphatic carbocycles. The molecule has 0 saturated heterocycles. The molecule has 1 saturated carbocycles. The highest BCUT2D eigenvalue weighted by atomic mass is 15.3. The molecule has 0 radical (unpaired) electrons. The van der Waals surface area contributed by atoms with Gasteiger partial charge in [0.2, 0.25) is 0 Å². The first-order chi connectivity index (χ1) is 8.84. The number of rotatable bonds is 4. The number of hydrogen-bond acceptors (Lipinski definition) is 3. The molecule has 0 aliphatic heterocycles. The van der Waals surface area contributed by atoms with Gasteiger partial charge in [-0.1, -0.05) is 18.9 Å². The molecule has 1 atom stereocenters. The van der Waals surface area contributed by atoms with Crippen LogP contribution in [0.4, 0.5) is 0 Å². The second-order valence-electron chi connectivity index (χ2n) is 5.27. The van der Waals surface area contributed by atoms with Gasteiger partial charge in [0, 0.05) is 6.20 Å². The van der Waals surface area contributed by atoms with Crippen LogP contribution in [0.15, 0.2) is 24.4 Å². The molecule has 96 valence electrons. The summed E-state index contributed by atoms with van der Waals surface area (Å²) in [5.41, 5.74) is 0.919. The third-order valence-electron chi connectivity index (χ3n) is 3.91. The van der Waals surface area contributed by atoms with Crippen LogP contribution in [0.25, 0.3) is 5.65 Å². The van der Waals surface area contributed by atoms with Crippen LogP contribution in [0, 0.1) is 5.92 Å². The van der Waals surface area contributed by atoms with Gasteiger partial charge in [-0.15, -0.1) is 10.2 Å². The Morgan fingerprint density at radius 3 is 3.00 bits per heavy atom. The Labute approximate surface area is 107 Å². The normalized spacial score (nSPS) is 18.5. The lowest BCUT2D eigenvalue weighted by molar-refractivity contribution is 0.441. The summed E-state index contributed by atoms with van der Waals surface area (Å²) in [6.45, 7) is 3.27. The third kappa shape index (κ3) is 2.25. The molecule has 2 heterocycles. The lowest BCUT2D eigenvalue weighted by Crippen LogP contribution is -2.26. The number of fused-ring (bicyclic) bond motifs is 1. The van der Waals surface area contributed by atoms with Gasteiger partial charge in [-0.2, -0.15) is 0 Å². The minimum Gasteiger partial charge on any atom is -0.307 e. The van der Waals surface area contributed by atoms with Gasteiger partial charge in [-0.3, -0.25) is 4.40 Å². The van der Waals surface area contributed by atoms with Crippen LogP contribution >= 0.6 is 0 Å². The fourth-order valence-corrected chi connectivity index (χ4v) is 2.80. The number of hydrogen-bond donors (Lipinski definition) is 1. The van der Waals surface area contributed by atoms with Crippen molar-refractivity contribution < 1.29 is 0 Å². The molecule has 1 fully saturated rings. The number of nitrogens with zero attached hydrogens (tertiary/aromatic N) is 3. The molecule has 1 aliphatic rings. The molecule has 0 amide bonds. The lowest BCUT2D eigenvalue weighted by atomic mass is 10.1. The summed E-state index contributed by atoms with van der Waals surface area (Å²) in [6, 6.07) is 6.25. The van der Waals surface area contributed by atoms with Crippen LogP contribution in [0.5, 0.6) is 0 Å². The average Bonchev–Trinajstić information content (AvgIpc) is 3.05. The highest BCUT2D eigenvalue weighted by molar-refractivity contribution is 5.37. The van der Waals surface area contributed by atoms with Crippen LogP contribution in [0.2, 0.25) is 0 Å². The van der Waals surface area contributed by atoms with E-state index in [1.165, 1.54) is 25.7 Å². The van der Waals surface area contributed by atoms with E-state index in [-0.39, 0.29) is 6.04 Å². The summed E-state index contributed by atoms with van der Waals surface area (Å²) < 4.78 is 2.06. The van der Waals surface area contributed by atoms with E-state index >= 15 is 0 Å². The monoisotopic (exact) mass is 244 g/mol. The first kappa shape index (κ1) is 11.7. The molecule has 2 aromatic rings. The van der Waals surface area contributed by atoms with E-state index in [9.17, 15) is 0 Å². The van der Waals surface area contributed by atoms with Crippen molar-refractivity contribution in [1.29, 1.82) is 0 Å². The van der Waals surface area contributed by atoms with E-state index in [0.717, 1.165) is 23.9 Å². The third-order valence-corrected chi connectivity index (χ3v) is 3.91. The maximum atomic E-state index is 4.29. The van der Waals surface area contributed by atoms with Crippen molar-refractivity contribution in [2.45, 2.75) is 38.6 Å². The minimum atomic E-state index is 0.253. The zero-order valence-corrected chi connectivity index (χ0v) is 10.8. The molecule has 0 spiro atoms. The minimum absolute atomic E-state index is 0.253. The Kier molecular flexibility index (Phi) is 3.28. The predicted molar refractivity (Wildman–Crippen MR) is 71.4 cm³/mol. The van der Waals surface area contributed by atoms with Crippen molar-refractivity contribution in [1.82, 2.24) is 19.9 Å². The van der Waals surface area contributed by atoms with Gasteiger partial charge >= 0.3 is 0 Å². The van der Waals surface area contributed by atoms with Crippen LogP contribution < -0.4 is 5.32 Å². The van der Waals surface area contributed by atoms with E-state index in [1.54, 1.807) is 0 Å². The maximum absolute atomic E-state index is 4.29. The number of nitrogens with one attached hydrogen (secondary N) is 1. The van der Waals surface area contributed by atoms with E-state index in [1.807, 2.05) is 24.4 Å². The summed E-state index contributed by atoms with van der Waals surface area (Å²) in [6.07, 6.45) is 7.57. The van der Waals surface area contributed by atoms with Crippen LogP contribution in [-0.4, -0.2) is 21.1 Å². The Morgan fingerprint density at radius 2 is 2.17 bits per heavy atom. The smallest absolute Gasteiger partial charge is 0.160 e. The quantitative estimate of drug-likeness (QED) is 0.898. The van der Waals surface area contributed by atoms with Crippen molar-refractivity contribution in [2.24, 2.45) is 5.92 Å². The van der Waals surface area contributed by atoms with Gasteiger partial charge in [0.1, 0.15) is 0 Å². The summed E-state index contributed by atoms with van der Waals surface area (Å²) in [7, 11) is 0. The maximum Gasteiger partial charge on any atom is 0.160 e. The Morgan fingerprint density at radius 1 is 1.33 bits per heavy atom. The lowest BCUT2D eigenvalue weighted by Gasteiger charge is -2.15. The molecule has 4 nitrogen and oxygen atoms in total. The van der Waals surface area contributed by atoms with Gasteiger partial charge in [0.05, 0.1) is 6.04 Å². The Hall–Kier alpha value is -1.42. The van der Waals surface area contributed by atoms with E-state index in [0.29, 0.717) is 0 Å². The molecule has 3 rings (SSSR count). The van der Waals surface area contributed by atoms with Crippen LogP contribution in [0.1, 0.15) is 44.5 Å². The van der Waals surface area contributed by atoms with E-state index < -0.39 is 0 Å². The largest absolute Gasteiger partial charge is 0.307 e.